The third-order valence-corrected chi connectivity index (χ3v) is 2.75. The van der Waals surface area contributed by atoms with Crippen molar-refractivity contribution in [2.75, 3.05) is 0 Å². The fraction of sp³-hybridized carbons (Fsp3) is 0.417. The van der Waals surface area contributed by atoms with E-state index in [0.717, 1.165) is 0 Å². The molecule has 0 amide bonds. The number of rotatable bonds is 5. The predicted octanol–water partition coefficient (Wildman–Crippen LogP) is 2.13. The maximum Gasteiger partial charge on any atom is 0.309 e. The number of carboxylic acid groups (broad SMARTS) is 1. The lowest BCUT2D eigenvalue weighted by molar-refractivity contribution is -0.385. The molecule has 0 aromatic heterocycles. The van der Waals surface area contributed by atoms with Crippen LogP contribution < -0.4 is 0 Å². The number of carbonyl (C=O) groups is 1. The Labute approximate surface area is 104 Å². The molecule has 0 saturated heterocycles. The Balaban J connectivity index is 2.91. The second-order valence-corrected chi connectivity index (χ2v) is 4.76. The van der Waals surface area contributed by atoms with Gasteiger partial charge in [0.2, 0.25) is 0 Å². The smallest absolute Gasteiger partial charge is 0.309 e. The molecule has 1 unspecified atom stereocenters. The van der Waals surface area contributed by atoms with Crippen LogP contribution in [0.1, 0.15) is 31.9 Å². The standard InChI is InChI=1S/C12H15NO5/c1-12(2,11(15)16)7-10(14)8-4-3-5-9(6-8)13(17)18/h3-6,10,14H,7H2,1-2H3,(H,15,16). The number of aliphatic carboxylic acids is 1. The van der Waals surface area contributed by atoms with Crippen LogP contribution in [-0.2, 0) is 4.79 Å². The van der Waals surface area contributed by atoms with E-state index in [1.807, 2.05) is 0 Å². The average Bonchev–Trinajstić information content (AvgIpc) is 2.28. The minimum Gasteiger partial charge on any atom is -0.481 e. The molecule has 98 valence electrons. The summed E-state index contributed by atoms with van der Waals surface area (Å²) in [5.41, 5.74) is -0.873. The zero-order valence-electron chi connectivity index (χ0n) is 10.2. The average molecular weight is 253 g/mol. The van der Waals surface area contributed by atoms with Gasteiger partial charge in [0, 0.05) is 12.1 Å². The molecule has 1 atom stereocenters. The molecule has 0 bridgehead atoms. The Kier molecular flexibility index (Phi) is 4.03. The zero-order chi connectivity index (χ0) is 13.9. The van der Waals surface area contributed by atoms with Gasteiger partial charge in [0.1, 0.15) is 0 Å². The molecular formula is C12H15NO5. The highest BCUT2D eigenvalue weighted by atomic mass is 16.6. The van der Waals surface area contributed by atoms with E-state index in [1.54, 1.807) is 0 Å². The molecule has 1 aromatic carbocycles. The number of hydrogen-bond donors (Lipinski definition) is 2. The largest absolute Gasteiger partial charge is 0.481 e. The van der Waals surface area contributed by atoms with Crippen molar-refractivity contribution in [2.45, 2.75) is 26.4 Å². The van der Waals surface area contributed by atoms with Crippen molar-refractivity contribution >= 4 is 11.7 Å². The van der Waals surface area contributed by atoms with Crippen LogP contribution in [0.2, 0.25) is 0 Å². The van der Waals surface area contributed by atoms with Crippen molar-refractivity contribution in [3.8, 4) is 0 Å². The van der Waals surface area contributed by atoms with E-state index in [1.165, 1.54) is 38.1 Å². The molecule has 0 spiro atoms. The molecule has 6 heteroatoms. The Morgan fingerprint density at radius 3 is 2.61 bits per heavy atom. The van der Waals surface area contributed by atoms with E-state index in [-0.39, 0.29) is 12.1 Å². The number of aliphatic hydroxyl groups is 1. The van der Waals surface area contributed by atoms with Crippen molar-refractivity contribution in [3.63, 3.8) is 0 Å². The highest BCUT2D eigenvalue weighted by molar-refractivity contribution is 5.73. The van der Waals surface area contributed by atoms with E-state index < -0.39 is 22.4 Å². The molecule has 0 saturated carbocycles. The monoisotopic (exact) mass is 253 g/mol. The van der Waals surface area contributed by atoms with Crippen LogP contribution in [0.3, 0.4) is 0 Å². The second-order valence-electron chi connectivity index (χ2n) is 4.76. The minimum atomic E-state index is -1.09. The van der Waals surface area contributed by atoms with Gasteiger partial charge in [-0.2, -0.15) is 0 Å². The van der Waals surface area contributed by atoms with Crippen LogP contribution >= 0.6 is 0 Å². The first-order valence-electron chi connectivity index (χ1n) is 5.40. The molecular weight excluding hydrogens is 238 g/mol. The van der Waals surface area contributed by atoms with Crippen LogP contribution in [-0.4, -0.2) is 21.1 Å². The Bertz CT molecular complexity index is 469. The van der Waals surface area contributed by atoms with Gasteiger partial charge in [0.15, 0.2) is 0 Å². The van der Waals surface area contributed by atoms with E-state index >= 15 is 0 Å². The molecule has 18 heavy (non-hydrogen) atoms. The molecule has 0 radical (unpaired) electrons. The van der Waals surface area contributed by atoms with Crippen LogP contribution in [0.25, 0.3) is 0 Å². The van der Waals surface area contributed by atoms with Crippen LogP contribution in [0, 0.1) is 15.5 Å². The van der Waals surface area contributed by atoms with Crippen molar-refractivity contribution in [3.05, 3.63) is 39.9 Å². The lowest BCUT2D eigenvalue weighted by Crippen LogP contribution is -2.26. The fourth-order valence-electron chi connectivity index (χ4n) is 1.53. The van der Waals surface area contributed by atoms with Gasteiger partial charge >= 0.3 is 5.97 Å². The number of non-ortho nitro benzene ring substituents is 1. The third-order valence-electron chi connectivity index (χ3n) is 2.75. The van der Waals surface area contributed by atoms with Crippen molar-refractivity contribution < 1.29 is 19.9 Å². The summed E-state index contributed by atoms with van der Waals surface area (Å²) < 4.78 is 0. The first-order chi connectivity index (χ1) is 8.24. The molecule has 0 heterocycles. The molecule has 2 N–H and O–H groups in total. The summed E-state index contributed by atoms with van der Waals surface area (Å²) in [6.45, 7) is 2.99. The molecule has 0 aliphatic carbocycles. The van der Waals surface area contributed by atoms with E-state index in [9.17, 15) is 20.0 Å². The molecule has 0 aliphatic heterocycles. The highest BCUT2D eigenvalue weighted by Gasteiger charge is 2.30. The van der Waals surface area contributed by atoms with Crippen molar-refractivity contribution in [1.29, 1.82) is 0 Å². The Morgan fingerprint density at radius 2 is 2.11 bits per heavy atom. The van der Waals surface area contributed by atoms with Gasteiger partial charge < -0.3 is 10.2 Å². The van der Waals surface area contributed by atoms with Crippen molar-refractivity contribution in [1.82, 2.24) is 0 Å². The molecule has 0 fully saturated rings. The number of nitro benzene ring substituents is 1. The highest BCUT2D eigenvalue weighted by Crippen LogP contribution is 2.31. The summed E-state index contributed by atoms with van der Waals surface area (Å²) in [5, 5.41) is 29.5. The lowest BCUT2D eigenvalue weighted by atomic mass is 9.85. The summed E-state index contributed by atoms with van der Waals surface area (Å²) in [6, 6.07) is 5.57. The zero-order valence-corrected chi connectivity index (χ0v) is 10.2. The van der Waals surface area contributed by atoms with Crippen LogP contribution in [0.5, 0.6) is 0 Å². The number of hydrogen-bond acceptors (Lipinski definition) is 4. The maximum atomic E-state index is 10.9. The Morgan fingerprint density at radius 1 is 1.50 bits per heavy atom. The van der Waals surface area contributed by atoms with E-state index in [2.05, 4.69) is 0 Å². The normalized spacial score (nSPS) is 13.1. The quantitative estimate of drug-likeness (QED) is 0.618. The third kappa shape index (κ3) is 3.27. The first-order valence-corrected chi connectivity index (χ1v) is 5.40. The fourth-order valence-corrected chi connectivity index (χ4v) is 1.53. The number of nitrogens with zero attached hydrogens (tertiary/aromatic N) is 1. The SMILES string of the molecule is CC(C)(CC(O)c1cccc([N+](=O)[O-])c1)C(=O)O. The van der Waals surface area contributed by atoms with E-state index in [0.29, 0.717) is 5.56 Å². The number of aliphatic hydroxyl groups excluding tert-OH is 1. The van der Waals surface area contributed by atoms with Crippen molar-refractivity contribution in [2.24, 2.45) is 5.41 Å². The number of benzene rings is 1. The van der Waals surface area contributed by atoms with Gasteiger partial charge in [-0.3, -0.25) is 14.9 Å². The summed E-state index contributed by atoms with van der Waals surface area (Å²) in [4.78, 5) is 21.0. The lowest BCUT2D eigenvalue weighted by Gasteiger charge is -2.22. The second kappa shape index (κ2) is 5.14. The molecule has 6 nitrogen and oxygen atoms in total. The Hall–Kier alpha value is -1.95. The summed E-state index contributed by atoms with van der Waals surface area (Å²) >= 11 is 0. The summed E-state index contributed by atoms with van der Waals surface area (Å²) in [5.74, 6) is -1.02. The number of carboxylic acids is 1. The predicted molar refractivity (Wildman–Crippen MR) is 64.1 cm³/mol. The summed E-state index contributed by atoms with van der Waals surface area (Å²) in [6.07, 6.45) is -1.06. The first kappa shape index (κ1) is 14.1. The van der Waals surface area contributed by atoms with Crippen LogP contribution in [0.15, 0.2) is 24.3 Å². The van der Waals surface area contributed by atoms with E-state index in [4.69, 9.17) is 5.11 Å². The summed E-state index contributed by atoms with van der Waals surface area (Å²) in [7, 11) is 0. The van der Waals surface area contributed by atoms with Gasteiger partial charge in [0.05, 0.1) is 16.4 Å². The van der Waals surface area contributed by atoms with Gasteiger partial charge in [0.25, 0.3) is 5.69 Å². The maximum absolute atomic E-state index is 10.9. The van der Waals surface area contributed by atoms with Crippen LogP contribution in [0.4, 0.5) is 5.69 Å². The van der Waals surface area contributed by atoms with Gasteiger partial charge in [-0.05, 0) is 25.8 Å². The molecule has 1 rings (SSSR count). The van der Waals surface area contributed by atoms with Gasteiger partial charge in [-0.1, -0.05) is 12.1 Å². The van der Waals surface area contributed by atoms with Gasteiger partial charge in [-0.25, -0.2) is 0 Å². The molecule has 1 aromatic rings. The molecule has 0 aliphatic rings. The van der Waals surface area contributed by atoms with Gasteiger partial charge in [-0.15, -0.1) is 0 Å². The minimum absolute atomic E-state index is 0.0104. The number of nitro groups is 1. The topological polar surface area (TPSA) is 101 Å².